The molecular weight excluding hydrogens is 374 g/mol. The van der Waals surface area contributed by atoms with Crippen molar-refractivity contribution in [1.29, 1.82) is 10.5 Å². The van der Waals surface area contributed by atoms with E-state index < -0.39 is 11.2 Å². The summed E-state index contributed by atoms with van der Waals surface area (Å²) in [5.41, 5.74) is 7.01. The SMILES string of the molecule is C=C/C=C(\C=C)C(Sc1nc(N(C)CC=O)c(C#N)c(CC)c1C#N)C(N)=O. The van der Waals surface area contributed by atoms with E-state index in [2.05, 4.69) is 30.3 Å². The molecule has 7 nitrogen and oxygen atoms in total. The standard InChI is InChI=1S/C20H21N5O2S/c1-5-8-13(6-2)17(18(23)27)28-20-16(12-22)14(7-3)15(11-21)19(24-20)25(4)9-10-26/h5-6,8,10,17H,1-2,7,9H2,3-4H3,(H2,23,27)/b13-8+. The number of rotatable bonds is 10. The lowest BCUT2D eigenvalue weighted by molar-refractivity contribution is -0.116. The van der Waals surface area contributed by atoms with Crippen molar-refractivity contribution in [3.8, 4) is 12.1 Å². The van der Waals surface area contributed by atoms with Crippen LogP contribution in [-0.2, 0) is 16.0 Å². The van der Waals surface area contributed by atoms with Crippen LogP contribution in [0.25, 0.3) is 0 Å². The van der Waals surface area contributed by atoms with E-state index in [4.69, 9.17) is 5.73 Å². The van der Waals surface area contributed by atoms with Gasteiger partial charge in [-0.2, -0.15) is 10.5 Å². The Balaban J connectivity index is 3.73. The third-order valence-corrected chi connectivity index (χ3v) is 5.13. The number of carbonyl (C=O) groups excluding carboxylic acids is 2. The van der Waals surface area contributed by atoms with Crippen LogP contribution in [0.5, 0.6) is 0 Å². The van der Waals surface area contributed by atoms with E-state index in [1.165, 1.54) is 17.1 Å². The van der Waals surface area contributed by atoms with Gasteiger partial charge in [0.1, 0.15) is 34.5 Å². The number of nitrogens with two attached hydrogens (primary N) is 1. The number of aldehydes is 1. The van der Waals surface area contributed by atoms with Gasteiger partial charge in [-0.15, -0.1) is 0 Å². The molecule has 1 aromatic heterocycles. The van der Waals surface area contributed by atoms with Gasteiger partial charge >= 0.3 is 0 Å². The van der Waals surface area contributed by atoms with Crippen LogP contribution < -0.4 is 10.6 Å². The van der Waals surface area contributed by atoms with Gasteiger partial charge in [-0.1, -0.05) is 50.1 Å². The summed E-state index contributed by atoms with van der Waals surface area (Å²) in [6.07, 6.45) is 5.69. The second kappa shape index (κ2) is 10.7. The number of pyridine rings is 1. The minimum Gasteiger partial charge on any atom is -0.368 e. The highest BCUT2D eigenvalue weighted by molar-refractivity contribution is 8.00. The molecule has 0 aliphatic heterocycles. The van der Waals surface area contributed by atoms with Crippen LogP contribution >= 0.6 is 11.8 Å². The lowest BCUT2D eigenvalue weighted by Gasteiger charge is -2.22. The van der Waals surface area contributed by atoms with E-state index in [-0.39, 0.29) is 28.5 Å². The number of carbonyl (C=O) groups is 2. The predicted octanol–water partition coefficient (Wildman–Crippen LogP) is 2.27. The molecule has 2 N–H and O–H groups in total. The Morgan fingerprint density at radius 3 is 2.43 bits per heavy atom. The molecule has 0 spiro atoms. The van der Waals surface area contributed by atoms with Gasteiger partial charge in [-0.3, -0.25) is 4.79 Å². The normalized spacial score (nSPS) is 11.6. The van der Waals surface area contributed by atoms with E-state index in [1.54, 1.807) is 13.1 Å². The van der Waals surface area contributed by atoms with E-state index >= 15 is 0 Å². The summed E-state index contributed by atoms with van der Waals surface area (Å²) in [6, 6.07) is 4.15. The second-order valence-electron chi connectivity index (χ2n) is 5.60. The van der Waals surface area contributed by atoms with Gasteiger partial charge in [0.25, 0.3) is 0 Å². The molecular formula is C20H21N5O2S. The Hall–Kier alpha value is -3.36. The van der Waals surface area contributed by atoms with Crippen LogP contribution in [0.15, 0.2) is 42.0 Å². The lowest BCUT2D eigenvalue weighted by Crippen LogP contribution is -2.28. The summed E-state index contributed by atoms with van der Waals surface area (Å²) < 4.78 is 0. The van der Waals surface area contributed by atoms with E-state index in [0.29, 0.717) is 23.8 Å². The predicted molar refractivity (Wildman–Crippen MR) is 110 cm³/mol. The molecule has 28 heavy (non-hydrogen) atoms. The van der Waals surface area contributed by atoms with Crippen molar-refractivity contribution in [3.63, 3.8) is 0 Å². The monoisotopic (exact) mass is 395 g/mol. The Kier molecular flexibility index (Phi) is 8.67. The Bertz CT molecular complexity index is 909. The van der Waals surface area contributed by atoms with Crippen LogP contribution in [0.2, 0.25) is 0 Å². The Labute approximate surface area is 168 Å². The number of thioether (sulfide) groups is 1. The maximum atomic E-state index is 12.0. The quantitative estimate of drug-likeness (QED) is 0.366. The average Bonchev–Trinajstić information content (AvgIpc) is 2.68. The molecule has 0 saturated carbocycles. The van der Waals surface area contributed by atoms with E-state index in [1.807, 2.05) is 6.92 Å². The first-order valence-electron chi connectivity index (χ1n) is 8.32. The fourth-order valence-electron chi connectivity index (χ4n) is 2.54. The first-order valence-corrected chi connectivity index (χ1v) is 9.20. The van der Waals surface area contributed by atoms with Gasteiger partial charge in [0.15, 0.2) is 0 Å². The van der Waals surface area contributed by atoms with Crippen molar-refractivity contribution in [2.24, 2.45) is 5.73 Å². The number of amides is 1. The Morgan fingerprint density at radius 2 is 2.00 bits per heavy atom. The highest BCUT2D eigenvalue weighted by atomic mass is 32.2. The third-order valence-electron chi connectivity index (χ3n) is 3.87. The van der Waals surface area contributed by atoms with Gasteiger partial charge in [-0.05, 0) is 17.6 Å². The van der Waals surface area contributed by atoms with Gasteiger partial charge in [0.05, 0.1) is 17.7 Å². The number of hydrogen-bond donors (Lipinski definition) is 1. The number of nitriles is 2. The highest BCUT2D eigenvalue weighted by Gasteiger charge is 2.26. The molecule has 1 unspecified atom stereocenters. The van der Waals surface area contributed by atoms with Crippen molar-refractivity contribution in [2.75, 3.05) is 18.5 Å². The van der Waals surface area contributed by atoms with Crippen molar-refractivity contribution < 1.29 is 9.59 Å². The smallest absolute Gasteiger partial charge is 0.235 e. The van der Waals surface area contributed by atoms with Crippen molar-refractivity contribution in [1.82, 2.24) is 4.98 Å². The summed E-state index contributed by atoms with van der Waals surface area (Å²) in [5, 5.41) is 18.7. The van der Waals surface area contributed by atoms with Gasteiger partial charge in [-0.25, -0.2) is 4.98 Å². The molecule has 8 heteroatoms. The maximum absolute atomic E-state index is 12.0. The zero-order valence-corrected chi connectivity index (χ0v) is 16.6. The van der Waals surface area contributed by atoms with Crippen LogP contribution in [0.3, 0.4) is 0 Å². The number of likely N-dealkylation sites (N-methyl/N-ethyl adjacent to an activating group) is 1. The van der Waals surface area contributed by atoms with Crippen LogP contribution in [0, 0.1) is 22.7 Å². The molecule has 0 radical (unpaired) electrons. The number of hydrogen-bond acceptors (Lipinski definition) is 7. The molecule has 0 fully saturated rings. The fourth-order valence-corrected chi connectivity index (χ4v) is 3.62. The van der Waals surface area contributed by atoms with Crippen LogP contribution in [0.4, 0.5) is 5.82 Å². The first-order chi connectivity index (χ1) is 13.4. The molecule has 0 aliphatic rings. The molecule has 1 amide bonds. The zero-order valence-electron chi connectivity index (χ0n) is 15.8. The minimum atomic E-state index is -0.850. The molecule has 0 bridgehead atoms. The number of allylic oxidation sites excluding steroid dienone is 3. The topological polar surface area (TPSA) is 124 Å². The summed E-state index contributed by atoms with van der Waals surface area (Å²) in [4.78, 5) is 28.9. The second-order valence-corrected chi connectivity index (χ2v) is 6.69. The van der Waals surface area contributed by atoms with Crippen molar-refractivity contribution in [3.05, 3.63) is 53.6 Å². The molecule has 1 aromatic rings. The molecule has 0 aliphatic carbocycles. The lowest BCUT2D eigenvalue weighted by atomic mass is 10.0. The van der Waals surface area contributed by atoms with E-state index in [9.17, 15) is 20.1 Å². The maximum Gasteiger partial charge on any atom is 0.235 e. The summed E-state index contributed by atoms with van der Waals surface area (Å²) in [5.74, 6) is -0.363. The third kappa shape index (κ3) is 4.87. The molecule has 0 saturated heterocycles. The van der Waals surface area contributed by atoms with Gasteiger partial charge in [0.2, 0.25) is 5.91 Å². The fraction of sp³-hybridized carbons (Fsp3) is 0.250. The molecule has 0 aromatic carbocycles. The summed E-state index contributed by atoms with van der Waals surface area (Å²) in [6.45, 7) is 9.13. The number of aromatic nitrogens is 1. The van der Waals surface area contributed by atoms with Crippen LogP contribution in [-0.4, -0.2) is 36.0 Å². The zero-order chi connectivity index (χ0) is 21.3. The average molecular weight is 395 g/mol. The number of nitrogens with zero attached hydrogens (tertiary/aromatic N) is 4. The molecule has 1 heterocycles. The van der Waals surface area contributed by atoms with E-state index in [0.717, 1.165) is 11.8 Å². The van der Waals surface area contributed by atoms with Gasteiger partial charge in [0, 0.05) is 7.05 Å². The number of primary amides is 1. The minimum absolute atomic E-state index is 0.0222. The Morgan fingerprint density at radius 1 is 1.36 bits per heavy atom. The van der Waals surface area contributed by atoms with Gasteiger partial charge < -0.3 is 15.4 Å². The largest absolute Gasteiger partial charge is 0.368 e. The first kappa shape index (κ1) is 22.7. The van der Waals surface area contributed by atoms with Crippen molar-refractivity contribution in [2.45, 2.75) is 23.6 Å². The molecule has 144 valence electrons. The van der Waals surface area contributed by atoms with Crippen molar-refractivity contribution >= 4 is 29.8 Å². The molecule has 1 rings (SSSR count). The van der Waals surface area contributed by atoms with Crippen LogP contribution in [0.1, 0.15) is 23.6 Å². The molecule has 1 atom stereocenters. The number of anilines is 1. The highest BCUT2D eigenvalue weighted by Crippen LogP contribution is 2.35. The summed E-state index contributed by atoms with van der Waals surface area (Å²) in [7, 11) is 1.62. The summed E-state index contributed by atoms with van der Waals surface area (Å²) >= 11 is 0.999.